The van der Waals surface area contributed by atoms with Gasteiger partial charge in [-0.3, -0.25) is 0 Å². The molecule has 3 rings (SSSR count). The standard InChI is InChI=1S/C16H20N2O/c1-12-2-3-14-6-9-18-16(15(14)10-12)19-11-13-4-7-17-8-5-13/h2-3,6,9-10,13,17H,4-5,7-8,11H2,1H3. The maximum absolute atomic E-state index is 5.97. The Morgan fingerprint density at radius 1 is 1.26 bits per heavy atom. The second-order valence-electron chi connectivity index (χ2n) is 5.35. The lowest BCUT2D eigenvalue weighted by Gasteiger charge is -2.22. The van der Waals surface area contributed by atoms with E-state index in [0.29, 0.717) is 5.92 Å². The van der Waals surface area contributed by atoms with Crippen molar-refractivity contribution in [3.8, 4) is 5.88 Å². The fraction of sp³-hybridized carbons (Fsp3) is 0.438. The largest absolute Gasteiger partial charge is 0.477 e. The SMILES string of the molecule is Cc1ccc2ccnc(OCC3CCNCC3)c2c1. The second-order valence-corrected chi connectivity index (χ2v) is 5.35. The van der Waals surface area contributed by atoms with E-state index < -0.39 is 0 Å². The third-order valence-corrected chi connectivity index (χ3v) is 3.80. The molecule has 19 heavy (non-hydrogen) atoms. The number of fused-ring (bicyclic) bond motifs is 1. The summed E-state index contributed by atoms with van der Waals surface area (Å²) in [5.41, 5.74) is 1.24. The molecule has 2 aromatic rings. The van der Waals surface area contributed by atoms with Crippen molar-refractivity contribution in [3.63, 3.8) is 0 Å². The predicted molar refractivity (Wildman–Crippen MR) is 77.6 cm³/mol. The number of hydrogen-bond acceptors (Lipinski definition) is 3. The molecule has 2 heterocycles. The van der Waals surface area contributed by atoms with E-state index in [-0.39, 0.29) is 0 Å². The van der Waals surface area contributed by atoms with Crippen LogP contribution in [0, 0.1) is 12.8 Å². The van der Waals surface area contributed by atoms with Gasteiger partial charge in [0, 0.05) is 11.6 Å². The quantitative estimate of drug-likeness (QED) is 0.917. The topological polar surface area (TPSA) is 34.1 Å². The number of ether oxygens (including phenoxy) is 1. The van der Waals surface area contributed by atoms with E-state index >= 15 is 0 Å². The number of benzene rings is 1. The molecule has 0 amide bonds. The molecule has 0 bridgehead atoms. The summed E-state index contributed by atoms with van der Waals surface area (Å²) >= 11 is 0. The smallest absolute Gasteiger partial charge is 0.221 e. The molecular weight excluding hydrogens is 236 g/mol. The summed E-state index contributed by atoms with van der Waals surface area (Å²) in [6.07, 6.45) is 4.23. The summed E-state index contributed by atoms with van der Waals surface area (Å²) in [6.45, 7) is 5.09. The van der Waals surface area contributed by atoms with E-state index in [1.165, 1.54) is 23.8 Å². The zero-order chi connectivity index (χ0) is 13.1. The lowest BCUT2D eigenvalue weighted by Crippen LogP contribution is -2.30. The van der Waals surface area contributed by atoms with Gasteiger partial charge in [-0.15, -0.1) is 0 Å². The van der Waals surface area contributed by atoms with E-state index in [4.69, 9.17) is 4.74 Å². The summed E-state index contributed by atoms with van der Waals surface area (Å²) in [4.78, 5) is 4.39. The van der Waals surface area contributed by atoms with Gasteiger partial charge in [-0.2, -0.15) is 0 Å². The Kier molecular flexibility index (Phi) is 3.65. The molecule has 0 unspecified atom stereocenters. The van der Waals surface area contributed by atoms with Crippen LogP contribution < -0.4 is 10.1 Å². The van der Waals surface area contributed by atoms with Crippen molar-refractivity contribution < 1.29 is 4.74 Å². The molecule has 1 aromatic heterocycles. The summed E-state index contributed by atoms with van der Waals surface area (Å²) in [6, 6.07) is 8.44. The molecule has 3 nitrogen and oxygen atoms in total. The summed E-state index contributed by atoms with van der Waals surface area (Å²) in [5, 5.41) is 5.70. The first-order valence-corrected chi connectivity index (χ1v) is 7.02. The summed E-state index contributed by atoms with van der Waals surface area (Å²) < 4.78 is 5.97. The van der Waals surface area contributed by atoms with Gasteiger partial charge in [0.25, 0.3) is 0 Å². The molecular formula is C16H20N2O. The highest BCUT2D eigenvalue weighted by molar-refractivity contribution is 5.87. The van der Waals surface area contributed by atoms with E-state index in [9.17, 15) is 0 Å². The highest BCUT2D eigenvalue weighted by Crippen LogP contribution is 2.25. The lowest BCUT2D eigenvalue weighted by molar-refractivity contribution is 0.211. The van der Waals surface area contributed by atoms with Crippen LogP contribution in [-0.4, -0.2) is 24.7 Å². The number of nitrogens with zero attached hydrogens (tertiary/aromatic N) is 1. The van der Waals surface area contributed by atoms with Gasteiger partial charge in [-0.05, 0) is 56.3 Å². The fourth-order valence-corrected chi connectivity index (χ4v) is 2.62. The molecule has 1 aliphatic rings. The van der Waals surface area contributed by atoms with E-state index in [0.717, 1.165) is 31.0 Å². The van der Waals surface area contributed by atoms with Crippen molar-refractivity contribution in [1.29, 1.82) is 0 Å². The number of aromatic nitrogens is 1. The monoisotopic (exact) mass is 256 g/mol. The van der Waals surface area contributed by atoms with Crippen molar-refractivity contribution in [3.05, 3.63) is 36.0 Å². The van der Waals surface area contributed by atoms with Crippen molar-refractivity contribution in [2.45, 2.75) is 19.8 Å². The molecule has 0 radical (unpaired) electrons. The number of rotatable bonds is 3. The Morgan fingerprint density at radius 2 is 2.11 bits per heavy atom. The van der Waals surface area contributed by atoms with Gasteiger partial charge in [0.2, 0.25) is 5.88 Å². The number of aryl methyl sites for hydroxylation is 1. The molecule has 0 aliphatic carbocycles. The summed E-state index contributed by atoms with van der Waals surface area (Å²) in [7, 11) is 0. The first kappa shape index (κ1) is 12.4. The molecule has 0 saturated carbocycles. The minimum absolute atomic E-state index is 0.656. The van der Waals surface area contributed by atoms with Gasteiger partial charge in [-0.25, -0.2) is 4.98 Å². The second kappa shape index (κ2) is 5.57. The van der Waals surface area contributed by atoms with E-state index in [1.54, 1.807) is 0 Å². The van der Waals surface area contributed by atoms with Crippen molar-refractivity contribution in [2.24, 2.45) is 5.92 Å². The minimum atomic E-state index is 0.656. The maximum Gasteiger partial charge on any atom is 0.221 e. The third-order valence-electron chi connectivity index (χ3n) is 3.80. The van der Waals surface area contributed by atoms with Crippen LogP contribution in [0.3, 0.4) is 0 Å². The van der Waals surface area contributed by atoms with Crippen LogP contribution in [0.25, 0.3) is 10.8 Å². The zero-order valence-electron chi connectivity index (χ0n) is 11.4. The number of nitrogens with one attached hydrogen (secondary N) is 1. The number of hydrogen-bond donors (Lipinski definition) is 1. The summed E-state index contributed by atoms with van der Waals surface area (Å²) in [5.74, 6) is 1.43. The lowest BCUT2D eigenvalue weighted by atomic mass is 9.99. The molecule has 3 heteroatoms. The molecule has 1 aliphatic heterocycles. The van der Waals surface area contributed by atoms with Crippen LogP contribution in [0.15, 0.2) is 30.5 Å². The number of pyridine rings is 1. The highest BCUT2D eigenvalue weighted by atomic mass is 16.5. The average Bonchev–Trinajstić information content (AvgIpc) is 2.46. The van der Waals surface area contributed by atoms with E-state index in [2.05, 4.69) is 35.4 Å². The Bertz CT molecular complexity index is 562. The van der Waals surface area contributed by atoms with Crippen LogP contribution in [0.4, 0.5) is 0 Å². The first-order chi connectivity index (χ1) is 9.33. The molecule has 0 spiro atoms. The van der Waals surface area contributed by atoms with Crippen LogP contribution in [0.1, 0.15) is 18.4 Å². The van der Waals surface area contributed by atoms with Crippen molar-refractivity contribution in [1.82, 2.24) is 10.3 Å². The fourth-order valence-electron chi connectivity index (χ4n) is 2.62. The third kappa shape index (κ3) is 2.87. The molecule has 100 valence electrons. The molecule has 1 N–H and O–H groups in total. The van der Waals surface area contributed by atoms with Crippen molar-refractivity contribution in [2.75, 3.05) is 19.7 Å². The van der Waals surface area contributed by atoms with Gasteiger partial charge in [-0.1, -0.05) is 17.7 Å². The predicted octanol–water partition coefficient (Wildman–Crippen LogP) is 2.92. The molecule has 1 aromatic carbocycles. The van der Waals surface area contributed by atoms with Gasteiger partial charge in [0.1, 0.15) is 0 Å². The number of piperidine rings is 1. The van der Waals surface area contributed by atoms with Crippen LogP contribution >= 0.6 is 0 Å². The van der Waals surface area contributed by atoms with E-state index in [1.807, 2.05) is 12.3 Å². The molecule has 1 saturated heterocycles. The zero-order valence-corrected chi connectivity index (χ0v) is 11.4. The highest BCUT2D eigenvalue weighted by Gasteiger charge is 2.14. The van der Waals surface area contributed by atoms with Gasteiger partial charge < -0.3 is 10.1 Å². The Hall–Kier alpha value is -1.61. The first-order valence-electron chi connectivity index (χ1n) is 7.02. The maximum atomic E-state index is 5.97. The van der Waals surface area contributed by atoms with Gasteiger partial charge in [0.05, 0.1) is 6.61 Å². The van der Waals surface area contributed by atoms with Crippen LogP contribution in [-0.2, 0) is 0 Å². The Balaban J connectivity index is 1.78. The Labute approximate surface area is 114 Å². The van der Waals surface area contributed by atoms with Gasteiger partial charge >= 0.3 is 0 Å². The minimum Gasteiger partial charge on any atom is -0.477 e. The van der Waals surface area contributed by atoms with Crippen molar-refractivity contribution >= 4 is 10.8 Å². The van der Waals surface area contributed by atoms with Crippen LogP contribution in [0.2, 0.25) is 0 Å². The van der Waals surface area contributed by atoms with Crippen LogP contribution in [0.5, 0.6) is 5.88 Å². The molecule has 1 fully saturated rings. The average molecular weight is 256 g/mol. The Morgan fingerprint density at radius 3 is 2.95 bits per heavy atom. The van der Waals surface area contributed by atoms with Gasteiger partial charge in [0.15, 0.2) is 0 Å². The molecule has 0 atom stereocenters. The normalized spacial score (nSPS) is 16.7.